The normalized spacial score (nSPS) is 21.3. The summed E-state index contributed by atoms with van der Waals surface area (Å²) in [4.78, 5) is 34.0. The Balaban J connectivity index is 0.000000285. The van der Waals surface area contributed by atoms with Crippen molar-refractivity contribution in [1.82, 2.24) is 0 Å². The summed E-state index contributed by atoms with van der Waals surface area (Å²) in [6, 6.07) is 0. The number of carbonyl (C=O) groups excluding carboxylic acids is 3. The number of alkyl halides is 1. The molecule has 0 aromatic rings. The SMILES string of the molecule is CCCCCC1=C(C)C(F)CC1=O.CCCCCC1=C(C)C(O)CC1=O.CCCCCC1=C(C)CCC1=O. The van der Waals surface area contributed by atoms with Crippen LogP contribution >= 0.6 is 0 Å². The highest BCUT2D eigenvalue weighted by molar-refractivity contribution is 6.00. The number of Topliss-reactive ketones (excluding diaryl/α,β-unsaturated/α-hetero) is 3. The van der Waals surface area contributed by atoms with E-state index in [1.807, 2.05) is 6.92 Å². The third kappa shape index (κ3) is 11.1. The van der Waals surface area contributed by atoms with Crippen LogP contribution in [0.3, 0.4) is 0 Å². The van der Waals surface area contributed by atoms with E-state index in [1.54, 1.807) is 6.92 Å². The van der Waals surface area contributed by atoms with Crippen molar-refractivity contribution in [2.75, 3.05) is 0 Å². The summed E-state index contributed by atoms with van der Waals surface area (Å²) in [6.45, 7) is 12.2. The van der Waals surface area contributed by atoms with Crippen molar-refractivity contribution in [2.45, 2.75) is 157 Å². The van der Waals surface area contributed by atoms with Gasteiger partial charge in [0.15, 0.2) is 17.3 Å². The molecule has 216 valence electrons. The molecule has 1 N–H and O–H groups in total. The Kier molecular flexibility index (Phi) is 16.5. The lowest BCUT2D eigenvalue weighted by Gasteiger charge is -2.02. The molecule has 0 spiro atoms. The zero-order valence-electron chi connectivity index (χ0n) is 25.0. The van der Waals surface area contributed by atoms with Crippen LogP contribution in [0.1, 0.15) is 144 Å². The van der Waals surface area contributed by atoms with Crippen LogP contribution in [-0.2, 0) is 14.4 Å². The summed E-state index contributed by atoms with van der Waals surface area (Å²) in [5.74, 6) is 0.589. The van der Waals surface area contributed by atoms with Gasteiger partial charge in [0.2, 0.25) is 0 Å². The maximum atomic E-state index is 13.0. The maximum Gasteiger partial charge on any atom is 0.162 e. The van der Waals surface area contributed by atoms with Gasteiger partial charge in [-0.05, 0) is 93.6 Å². The van der Waals surface area contributed by atoms with Gasteiger partial charge in [0.25, 0.3) is 0 Å². The van der Waals surface area contributed by atoms with E-state index in [1.165, 1.54) is 37.7 Å². The first kappa shape index (κ1) is 34.1. The molecule has 0 saturated heterocycles. The molecule has 0 aliphatic heterocycles. The highest BCUT2D eigenvalue weighted by Gasteiger charge is 2.28. The van der Waals surface area contributed by atoms with Crippen LogP contribution < -0.4 is 0 Å². The minimum Gasteiger partial charge on any atom is -0.388 e. The van der Waals surface area contributed by atoms with Gasteiger partial charge in [0.05, 0.1) is 6.10 Å². The average molecular weight is 533 g/mol. The minimum atomic E-state index is -0.996. The van der Waals surface area contributed by atoms with Gasteiger partial charge in [-0.3, -0.25) is 14.4 Å². The highest BCUT2D eigenvalue weighted by Crippen LogP contribution is 2.29. The molecule has 0 fully saturated rings. The maximum absolute atomic E-state index is 13.0. The summed E-state index contributed by atoms with van der Waals surface area (Å²) in [5, 5.41) is 9.42. The number of aliphatic hydroxyl groups is 1. The van der Waals surface area contributed by atoms with Crippen LogP contribution in [0.15, 0.2) is 33.4 Å². The van der Waals surface area contributed by atoms with E-state index in [0.29, 0.717) is 17.8 Å². The largest absolute Gasteiger partial charge is 0.388 e. The van der Waals surface area contributed by atoms with Gasteiger partial charge in [0.1, 0.15) is 6.17 Å². The minimum absolute atomic E-state index is 0.0288. The van der Waals surface area contributed by atoms with Gasteiger partial charge in [-0.2, -0.15) is 0 Å². The number of ketones is 3. The number of allylic oxidation sites excluding steroid dienone is 5. The molecule has 0 aromatic carbocycles. The first-order chi connectivity index (χ1) is 18.1. The topological polar surface area (TPSA) is 71.4 Å². The number of rotatable bonds is 12. The Bertz CT molecular complexity index is 843. The molecule has 0 radical (unpaired) electrons. The van der Waals surface area contributed by atoms with E-state index in [0.717, 1.165) is 80.1 Å². The zero-order valence-corrected chi connectivity index (χ0v) is 25.0. The van der Waals surface area contributed by atoms with Crippen molar-refractivity contribution in [3.05, 3.63) is 33.4 Å². The van der Waals surface area contributed by atoms with Crippen molar-refractivity contribution >= 4 is 17.3 Å². The first-order valence-electron chi connectivity index (χ1n) is 15.1. The molecule has 2 unspecified atom stereocenters. The van der Waals surface area contributed by atoms with Crippen molar-refractivity contribution < 1.29 is 23.9 Å². The molecule has 3 aliphatic rings. The molecule has 3 rings (SSSR count). The average Bonchev–Trinajstić information content (AvgIpc) is 3.43. The Morgan fingerprint density at radius 3 is 1.42 bits per heavy atom. The molecule has 0 aromatic heterocycles. The summed E-state index contributed by atoms with van der Waals surface area (Å²) in [5.41, 5.74) is 5.73. The predicted octanol–water partition coefficient (Wildman–Crippen LogP) is 8.66. The first-order valence-corrected chi connectivity index (χ1v) is 15.1. The standard InChI is InChI=1S/C11H17FO.C11H18O2.C11H18O/c2*1-3-4-5-6-9-8(2)10(12)7-11(9)13;1-3-4-5-6-10-9(2)7-8-11(10)12/h10H,3-7H2,1-2H3;10,12H,3-7H2,1-2H3;3-8H2,1-2H3. The van der Waals surface area contributed by atoms with E-state index in [4.69, 9.17) is 0 Å². The molecule has 3 aliphatic carbocycles. The third-order valence-electron chi connectivity index (χ3n) is 8.01. The Hall–Kier alpha value is -1.88. The fourth-order valence-electron chi connectivity index (χ4n) is 5.24. The zero-order chi connectivity index (χ0) is 28.7. The second-order valence-corrected chi connectivity index (χ2v) is 11.1. The summed E-state index contributed by atoms with van der Waals surface area (Å²) in [7, 11) is 0. The van der Waals surface area contributed by atoms with Crippen LogP contribution in [0.25, 0.3) is 0 Å². The summed E-state index contributed by atoms with van der Waals surface area (Å²) in [6.07, 6.45) is 13.7. The number of carbonyl (C=O) groups is 3. The molecule has 4 nitrogen and oxygen atoms in total. The van der Waals surface area contributed by atoms with E-state index in [-0.39, 0.29) is 18.0 Å². The van der Waals surface area contributed by atoms with Gasteiger partial charge < -0.3 is 5.11 Å². The van der Waals surface area contributed by atoms with Crippen LogP contribution in [0, 0.1) is 0 Å². The second kappa shape index (κ2) is 18.4. The Morgan fingerprint density at radius 1 is 0.632 bits per heavy atom. The van der Waals surface area contributed by atoms with Crippen molar-refractivity contribution in [3.63, 3.8) is 0 Å². The highest BCUT2D eigenvalue weighted by atomic mass is 19.1. The summed E-state index contributed by atoms with van der Waals surface area (Å²) < 4.78 is 13.0. The van der Waals surface area contributed by atoms with E-state index in [2.05, 4.69) is 27.7 Å². The van der Waals surface area contributed by atoms with Crippen molar-refractivity contribution in [2.24, 2.45) is 0 Å². The quantitative estimate of drug-likeness (QED) is 0.255. The monoisotopic (exact) mass is 532 g/mol. The molecule has 0 saturated carbocycles. The van der Waals surface area contributed by atoms with Gasteiger partial charge in [-0.25, -0.2) is 4.39 Å². The molecular formula is C33H53FO4. The van der Waals surface area contributed by atoms with Gasteiger partial charge in [-0.1, -0.05) is 64.9 Å². The molecular weight excluding hydrogens is 479 g/mol. The molecule has 0 heterocycles. The van der Waals surface area contributed by atoms with Crippen LogP contribution in [0.2, 0.25) is 0 Å². The van der Waals surface area contributed by atoms with Crippen LogP contribution in [0.5, 0.6) is 0 Å². The van der Waals surface area contributed by atoms with E-state index >= 15 is 0 Å². The molecule has 0 bridgehead atoms. The Labute approximate surface area is 231 Å². The number of aliphatic hydroxyl groups excluding tert-OH is 1. The van der Waals surface area contributed by atoms with Crippen LogP contribution in [-0.4, -0.2) is 34.7 Å². The van der Waals surface area contributed by atoms with E-state index < -0.39 is 12.3 Å². The third-order valence-corrected chi connectivity index (χ3v) is 8.01. The van der Waals surface area contributed by atoms with Crippen LogP contribution in [0.4, 0.5) is 4.39 Å². The molecule has 5 heteroatoms. The lowest BCUT2D eigenvalue weighted by molar-refractivity contribution is -0.116. The van der Waals surface area contributed by atoms with Gasteiger partial charge >= 0.3 is 0 Å². The predicted molar refractivity (Wildman–Crippen MR) is 155 cm³/mol. The lowest BCUT2D eigenvalue weighted by Crippen LogP contribution is -2.03. The smallest absolute Gasteiger partial charge is 0.162 e. The number of halogens is 1. The number of hydrogen-bond acceptors (Lipinski definition) is 4. The van der Waals surface area contributed by atoms with E-state index in [9.17, 15) is 23.9 Å². The summed E-state index contributed by atoms with van der Waals surface area (Å²) >= 11 is 0. The number of unbranched alkanes of at least 4 members (excludes halogenated alkanes) is 6. The fraction of sp³-hybridized carbons (Fsp3) is 0.727. The second-order valence-electron chi connectivity index (χ2n) is 11.1. The molecule has 0 amide bonds. The van der Waals surface area contributed by atoms with Gasteiger partial charge in [-0.15, -0.1) is 0 Å². The van der Waals surface area contributed by atoms with Crippen molar-refractivity contribution in [1.29, 1.82) is 0 Å². The number of hydrogen-bond donors (Lipinski definition) is 1. The fourth-order valence-corrected chi connectivity index (χ4v) is 5.24. The Morgan fingerprint density at radius 2 is 1.08 bits per heavy atom. The molecule has 2 atom stereocenters. The van der Waals surface area contributed by atoms with Crippen molar-refractivity contribution in [3.8, 4) is 0 Å². The molecule has 38 heavy (non-hydrogen) atoms. The lowest BCUT2D eigenvalue weighted by atomic mass is 10.0. The van der Waals surface area contributed by atoms with Gasteiger partial charge in [0, 0.05) is 19.3 Å².